The van der Waals surface area contributed by atoms with Gasteiger partial charge in [-0.05, 0) is 22.6 Å². The number of hydrogen-bond donors (Lipinski definition) is 0. The van der Waals surface area contributed by atoms with Gasteiger partial charge >= 0.3 is 5.97 Å². The molecule has 2 aromatic carbocycles. The van der Waals surface area contributed by atoms with Crippen molar-refractivity contribution >= 4 is 5.97 Å². The van der Waals surface area contributed by atoms with Gasteiger partial charge in [0.05, 0.1) is 13.5 Å². The average molecular weight is 254 g/mol. The van der Waals surface area contributed by atoms with Gasteiger partial charge in [-0.3, -0.25) is 4.79 Å². The van der Waals surface area contributed by atoms with Gasteiger partial charge in [-0.15, -0.1) is 0 Å². The molecule has 0 bridgehead atoms. The van der Waals surface area contributed by atoms with Crippen molar-refractivity contribution in [1.29, 1.82) is 0 Å². The first-order valence-electron chi connectivity index (χ1n) is 6.43. The quantitative estimate of drug-likeness (QED) is 0.770. The van der Waals surface area contributed by atoms with E-state index in [1.807, 2.05) is 31.2 Å². The van der Waals surface area contributed by atoms with Crippen LogP contribution in [0.1, 0.15) is 24.8 Å². The van der Waals surface area contributed by atoms with Gasteiger partial charge in [0.15, 0.2) is 0 Å². The minimum atomic E-state index is -0.169. The lowest BCUT2D eigenvalue weighted by Gasteiger charge is -2.12. The highest BCUT2D eigenvalue weighted by molar-refractivity contribution is 5.71. The molecular weight excluding hydrogens is 236 g/mol. The molecule has 0 radical (unpaired) electrons. The van der Waals surface area contributed by atoms with E-state index in [4.69, 9.17) is 4.74 Å². The second kappa shape index (κ2) is 6.19. The Balaban J connectivity index is 2.22. The molecule has 98 valence electrons. The van der Waals surface area contributed by atoms with Crippen LogP contribution in [-0.2, 0) is 9.53 Å². The molecule has 0 amide bonds. The molecule has 0 fully saturated rings. The Morgan fingerprint density at radius 2 is 1.74 bits per heavy atom. The highest BCUT2D eigenvalue weighted by atomic mass is 16.5. The second-order valence-electron chi connectivity index (χ2n) is 4.67. The zero-order valence-corrected chi connectivity index (χ0v) is 11.3. The molecule has 2 rings (SSSR count). The topological polar surface area (TPSA) is 26.3 Å². The van der Waals surface area contributed by atoms with Crippen molar-refractivity contribution in [2.45, 2.75) is 19.3 Å². The van der Waals surface area contributed by atoms with Crippen LogP contribution in [0.5, 0.6) is 0 Å². The summed E-state index contributed by atoms with van der Waals surface area (Å²) in [5, 5.41) is 0. The first-order chi connectivity index (χ1) is 9.20. The normalized spacial score (nSPS) is 11.9. The summed E-state index contributed by atoms with van der Waals surface area (Å²) in [6.07, 6.45) is 0.411. The summed E-state index contributed by atoms with van der Waals surface area (Å²) < 4.78 is 4.72. The van der Waals surface area contributed by atoms with Gasteiger partial charge in [0, 0.05) is 0 Å². The summed E-state index contributed by atoms with van der Waals surface area (Å²) in [5.41, 5.74) is 3.52. The maximum atomic E-state index is 11.3. The van der Waals surface area contributed by atoms with Crippen LogP contribution in [0, 0.1) is 0 Å². The number of benzene rings is 2. The van der Waals surface area contributed by atoms with Gasteiger partial charge < -0.3 is 4.74 Å². The van der Waals surface area contributed by atoms with Crippen LogP contribution in [0.15, 0.2) is 54.6 Å². The van der Waals surface area contributed by atoms with E-state index < -0.39 is 0 Å². The van der Waals surface area contributed by atoms with Crippen molar-refractivity contribution < 1.29 is 9.53 Å². The number of rotatable bonds is 4. The summed E-state index contributed by atoms with van der Waals surface area (Å²) in [6.45, 7) is 2.04. The third-order valence-electron chi connectivity index (χ3n) is 3.26. The van der Waals surface area contributed by atoms with Crippen molar-refractivity contribution in [3.05, 3.63) is 60.2 Å². The van der Waals surface area contributed by atoms with Gasteiger partial charge in [0.2, 0.25) is 0 Å². The van der Waals surface area contributed by atoms with Gasteiger partial charge in [-0.1, -0.05) is 61.5 Å². The zero-order valence-electron chi connectivity index (χ0n) is 11.3. The second-order valence-corrected chi connectivity index (χ2v) is 4.67. The molecule has 2 nitrogen and oxygen atoms in total. The average Bonchev–Trinajstić information content (AvgIpc) is 2.48. The van der Waals surface area contributed by atoms with E-state index in [0.29, 0.717) is 6.42 Å². The van der Waals surface area contributed by atoms with Crippen molar-refractivity contribution in [3.8, 4) is 11.1 Å². The molecule has 0 aromatic heterocycles. The molecule has 2 heteroatoms. The lowest BCUT2D eigenvalue weighted by Crippen LogP contribution is -2.06. The Morgan fingerprint density at radius 1 is 1.05 bits per heavy atom. The first kappa shape index (κ1) is 13.3. The van der Waals surface area contributed by atoms with Gasteiger partial charge in [-0.2, -0.15) is 0 Å². The lowest BCUT2D eigenvalue weighted by atomic mass is 9.94. The van der Waals surface area contributed by atoms with Crippen molar-refractivity contribution in [2.75, 3.05) is 7.11 Å². The molecule has 0 saturated carbocycles. The summed E-state index contributed by atoms with van der Waals surface area (Å²) in [6, 6.07) is 18.6. The molecule has 0 aliphatic heterocycles. The summed E-state index contributed by atoms with van der Waals surface area (Å²) >= 11 is 0. The van der Waals surface area contributed by atoms with Crippen LogP contribution in [-0.4, -0.2) is 13.1 Å². The van der Waals surface area contributed by atoms with Crippen LogP contribution in [0.4, 0.5) is 0 Å². The Hall–Kier alpha value is -2.09. The minimum absolute atomic E-state index is 0.163. The Labute approximate surface area is 114 Å². The molecule has 1 unspecified atom stereocenters. The van der Waals surface area contributed by atoms with Crippen LogP contribution >= 0.6 is 0 Å². The lowest BCUT2D eigenvalue weighted by molar-refractivity contribution is -0.140. The maximum absolute atomic E-state index is 11.3. The molecule has 0 spiro atoms. The van der Waals surface area contributed by atoms with E-state index in [-0.39, 0.29) is 11.9 Å². The zero-order chi connectivity index (χ0) is 13.7. The van der Waals surface area contributed by atoms with Crippen LogP contribution in [0.2, 0.25) is 0 Å². The van der Waals surface area contributed by atoms with Crippen molar-refractivity contribution in [1.82, 2.24) is 0 Å². The molecule has 1 atom stereocenters. The number of esters is 1. The summed E-state index contributed by atoms with van der Waals surface area (Å²) in [5.74, 6) is -0.00581. The maximum Gasteiger partial charge on any atom is 0.306 e. The largest absolute Gasteiger partial charge is 0.469 e. The minimum Gasteiger partial charge on any atom is -0.469 e. The summed E-state index contributed by atoms with van der Waals surface area (Å²) in [7, 11) is 1.43. The number of carbonyl (C=O) groups is 1. The number of ether oxygens (including phenoxy) is 1. The summed E-state index contributed by atoms with van der Waals surface area (Å²) in [4.78, 5) is 11.3. The van der Waals surface area contributed by atoms with Gasteiger partial charge in [-0.25, -0.2) is 0 Å². The molecule has 0 saturated heterocycles. The Morgan fingerprint density at radius 3 is 2.42 bits per heavy atom. The number of hydrogen-bond acceptors (Lipinski definition) is 2. The molecule has 0 N–H and O–H groups in total. The Bertz CT molecular complexity index is 546. The molecule has 19 heavy (non-hydrogen) atoms. The molecule has 0 aliphatic carbocycles. The monoisotopic (exact) mass is 254 g/mol. The standard InChI is InChI=1S/C17H18O2/c1-13(11-17(18)19-2)15-9-6-10-16(12-15)14-7-4-3-5-8-14/h3-10,12-13H,11H2,1-2H3. The van der Waals surface area contributed by atoms with E-state index in [0.717, 1.165) is 5.56 Å². The third-order valence-corrected chi connectivity index (χ3v) is 3.26. The number of carbonyl (C=O) groups excluding carboxylic acids is 1. The SMILES string of the molecule is COC(=O)CC(C)c1cccc(-c2ccccc2)c1. The predicted octanol–water partition coefficient (Wildman–Crippen LogP) is 4.02. The predicted molar refractivity (Wildman–Crippen MR) is 76.9 cm³/mol. The fourth-order valence-electron chi connectivity index (χ4n) is 2.11. The van der Waals surface area contributed by atoms with E-state index >= 15 is 0 Å². The van der Waals surface area contributed by atoms with Crippen molar-refractivity contribution in [3.63, 3.8) is 0 Å². The van der Waals surface area contributed by atoms with E-state index in [1.165, 1.54) is 18.2 Å². The van der Waals surface area contributed by atoms with E-state index in [2.05, 4.69) is 30.3 Å². The van der Waals surface area contributed by atoms with Crippen LogP contribution in [0.25, 0.3) is 11.1 Å². The van der Waals surface area contributed by atoms with Crippen molar-refractivity contribution in [2.24, 2.45) is 0 Å². The van der Waals surface area contributed by atoms with Gasteiger partial charge in [0.1, 0.15) is 0 Å². The highest BCUT2D eigenvalue weighted by Crippen LogP contribution is 2.25. The first-order valence-corrected chi connectivity index (χ1v) is 6.43. The molecule has 0 aliphatic rings. The highest BCUT2D eigenvalue weighted by Gasteiger charge is 2.12. The van der Waals surface area contributed by atoms with Crippen LogP contribution in [0.3, 0.4) is 0 Å². The molecular formula is C17H18O2. The smallest absolute Gasteiger partial charge is 0.306 e. The number of methoxy groups -OCH3 is 1. The Kier molecular flexibility index (Phi) is 4.35. The molecule has 0 heterocycles. The third kappa shape index (κ3) is 3.44. The van der Waals surface area contributed by atoms with Crippen LogP contribution < -0.4 is 0 Å². The van der Waals surface area contributed by atoms with Gasteiger partial charge in [0.25, 0.3) is 0 Å². The fourth-order valence-corrected chi connectivity index (χ4v) is 2.11. The fraction of sp³-hybridized carbons (Fsp3) is 0.235. The molecule has 2 aromatic rings. The van der Waals surface area contributed by atoms with E-state index in [1.54, 1.807) is 0 Å². The van der Waals surface area contributed by atoms with E-state index in [9.17, 15) is 4.79 Å².